The van der Waals surface area contributed by atoms with Gasteiger partial charge in [-0.05, 0) is 36.8 Å². The van der Waals surface area contributed by atoms with Gasteiger partial charge in [-0.1, -0.05) is 41.4 Å². The van der Waals surface area contributed by atoms with Gasteiger partial charge in [-0.15, -0.1) is 5.10 Å². The highest BCUT2D eigenvalue weighted by Gasteiger charge is 2.35. The van der Waals surface area contributed by atoms with Crippen molar-refractivity contribution in [2.75, 3.05) is 6.61 Å². The third-order valence-corrected chi connectivity index (χ3v) is 5.41. The summed E-state index contributed by atoms with van der Waals surface area (Å²) in [5.74, 6) is 0.644. The maximum Gasteiger partial charge on any atom is 0.244 e. The van der Waals surface area contributed by atoms with E-state index in [-0.39, 0.29) is 5.88 Å². The van der Waals surface area contributed by atoms with E-state index in [9.17, 15) is 5.26 Å². The zero-order chi connectivity index (χ0) is 20.5. The number of nitriles is 1. The van der Waals surface area contributed by atoms with Gasteiger partial charge in [0.15, 0.2) is 0 Å². The van der Waals surface area contributed by atoms with Crippen LogP contribution in [0.1, 0.15) is 24.0 Å². The summed E-state index contributed by atoms with van der Waals surface area (Å²) in [7, 11) is 0. The third-order valence-electron chi connectivity index (χ3n) is 4.67. The number of nitrogens with two attached hydrogens (primary N) is 1. The smallest absolute Gasteiger partial charge is 0.244 e. The molecular weight excluding hydrogens is 411 g/mol. The fraction of sp³-hybridized carbons (Fsp3) is 0.143. The Balaban J connectivity index is 1.88. The summed E-state index contributed by atoms with van der Waals surface area (Å²) in [6, 6.07) is 15.0. The first-order chi connectivity index (χ1) is 14.0. The van der Waals surface area contributed by atoms with Gasteiger partial charge in [-0.3, -0.25) is 5.10 Å². The van der Waals surface area contributed by atoms with Crippen molar-refractivity contribution in [2.45, 2.75) is 12.8 Å². The molecule has 0 radical (unpaired) electrons. The molecule has 1 aliphatic heterocycles. The summed E-state index contributed by atoms with van der Waals surface area (Å²) >= 11 is 12.3. The molecule has 0 saturated carbocycles. The van der Waals surface area contributed by atoms with Crippen LogP contribution >= 0.6 is 23.2 Å². The lowest BCUT2D eigenvalue weighted by Gasteiger charge is -2.24. The second-order valence-corrected chi connectivity index (χ2v) is 7.19. The van der Waals surface area contributed by atoms with Gasteiger partial charge >= 0.3 is 0 Å². The summed E-state index contributed by atoms with van der Waals surface area (Å²) in [6.45, 7) is 2.49. The minimum absolute atomic E-state index is 0.0334. The first-order valence-electron chi connectivity index (χ1n) is 8.87. The number of H-pyrrole nitrogens is 1. The van der Waals surface area contributed by atoms with Crippen molar-refractivity contribution in [1.82, 2.24) is 10.2 Å². The van der Waals surface area contributed by atoms with Gasteiger partial charge in [-0.25, -0.2) is 0 Å². The molecule has 0 fully saturated rings. The van der Waals surface area contributed by atoms with E-state index in [2.05, 4.69) is 16.3 Å². The molecule has 8 heteroatoms. The Bertz CT molecular complexity index is 1150. The molecule has 2 heterocycles. The van der Waals surface area contributed by atoms with Crippen LogP contribution in [0.15, 0.2) is 53.9 Å². The van der Waals surface area contributed by atoms with Gasteiger partial charge in [0.25, 0.3) is 0 Å². The molecule has 0 spiro atoms. The number of aromatic nitrogens is 2. The van der Waals surface area contributed by atoms with Gasteiger partial charge < -0.3 is 15.2 Å². The third kappa shape index (κ3) is 3.39. The number of hydrogen-bond acceptors (Lipinski definition) is 5. The number of fused-ring (bicyclic) bond motifs is 1. The predicted molar refractivity (Wildman–Crippen MR) is 111 cm³/mol. The van der Waals surface area contributed by atoms with Gasteiger partial charge in [0, 0.05) is 5.56 Å². The maximum atomic E-state index is 9.78. The highest BCUT2D eigenvalue weighted by Crippen LogP contribution is 2.46. The lowest BCUT2D eigenvalue weighted by molar-refractivity contribution is 0.340. The Kier molecular flexibility index (Phi) is 5.10. The van der Waals surface area contributed by atoms with Crippen LogP contribution in [0.5, 0.6) is 11.6 Å². The van der Waals surface area contributed by atoms with Crippen molar-refractivity contribution in [1.29, 1.82) is 5.26 Å². The zero-order valence-corrected chi connectivity index (χ0v) is 16.9. The fourth-order valence-corrected chi connectivity index (χ4v) is 3.67. The van der Waals surface area contributed by atoms with E-state index in [1.165, 1.54) is 0 Å². The second kappa shape index (κ2) is 7.70. The number of rotatable bonds is 4. The number of ether oxygens (including phenoxy) is 2. The average molecular weight is 427 g/mol. The van der Waals surface area contributed by atoms with Crippen molar-refractivity contribution in [2.24, 2.45) is 5.73 Å². The second-order valence-electron chi connectivity index (χ2n) is 6.37. The van der Waals surface area contributed by atoms with Gasteiger partial charge in [-0.2, -0.15) is 5.26 Å². The van der Waals surface area contributed by atoms with Crippen molar-refractivity contribution in [3.63, 3.8) is 0 Å². The van der Waals surface area contributed by atoms with Crippen LogP contribution in [-0.4, -0.2) is 16.8 Å². The first-order valence-corrected chi connectivity index (χ1v) is 9.63. The molecule has 29 heavy (non-hydrogen) atoms. The van der Waals surface area contributed by atoms with Crippen LogP contribution in [0.25, 0.3) is 11.3 Å². The summed E-state index contributed by atoms with van der Waals surface area (Å²) in [4.78, 5) is 0. The van der Waals surface area contributed by atoms with Gasteiger partial charge in [0.05, 0.1) is 33.8 Å². The van der Waals surface area contributed by atoms with Crippen LogP contribution in [-0.2, 0) is 0 Å². The summed E-state index contributed by atoms with van der Waals surface area (Å²) < 4.78 is 11.1. The Hall–Kier alpha value is -3.14. The lowest BCUT2D eigenvalue weighted by Crippen LogP contribution is -2.21. The number of nitrogens with zero attached hydrogens (tertiary/aromatic N) is 2. The van der Waals surface area contributed by atoms with Crippen LogP contribution in [0.4, 0.5) is 0 Å². The largest absolute Gasteiger partial charge is 0.494 e. The molecule has 0 saturated heterocycles. The van der Waals surface area contributed by atoms with E-state index in [1.54, 1.807) is 12.1 Å². The number of allylic oxidation sites excluding steroid dienone is 1. The van der Waals surface area contributed by atoms with Crippen LogP contribution in [0.2, 0.25) is 10.0 Å². The normalized spacial score (nSPS) is 15.4. The predicted octanol–water partition coefficient (Wildman–Crippen LogP) is 5.00. The molecule has 3 N–H and O–H groups in total. The van der Waals surface area contributed by atoms with Crippen molar-refractivity contribution in [3.05, 3.63) is 75.1 Å². The quantitative estimate of drug-likeness (QED) is 0.611. The Morgan fingerprint density at radius 3 is 2.62 bits per heavy atom. The van der Waals surface area contributed by atoms with E-state index in [0.29, 0.717) is 39.4 Å². The standard InChI is InChI=1S/C21H16Cl2N4O2/c1-2-28-13-6-3-11(4-7-13)17-14(10-24)20(25)29-21-18(17)19(26-27-21)12-5-8-15(22)16(23)9-12/h3-9,17H,2,25H2,1H3,(H,26,27)/t17-/m0/s1. The zero-order valence-electron chi connectivity index (χ0n) is 15.4. The van der Waals surface area contributed by atoms with E-state index in [0.717, 1.165) is 16.9 Å². The lowest BCUT2D eigenvalue weighted by atomic mass is 9.83. The Morgan fingerprint density at radius 1 is 1.21 bits per heavy atom. The molecule has 3 aromatic rings. The Morgan fingerprint density at radius 2 is 1.97 bits per heavy atom. The van der Waals surface area contributed by atoms with Crippen LogP contribution in [0.3, 0.4) is 0 Å². The van der Waals surface area contributed by atoms with Crippen molar-refractivity contribution in [3.8, 4) is 29.0 Å². The molecule has 146 valence electrons. The van der Waals surface area contributed by atoms with Gasteiger partial charge in [0.1, 0.15) is 17.4 Å². The molecule has 0 amide bonds. The number of nitrogens with one attached hydrogen (secondary N) is 1. The van der Waals surface area contributed by atoms with E-state index >= 15 is 0 Å². The topological polar surface area (TPSA) is 96.9 Å². The molecule has 0 bridgehead atoms. The van der Waals surface area contributed by atoms with Crippen molar-refractivity contribution < 1.29 is 9.47 Å². The number of aromatic amines is 1. The maximum absolute atomic E-state index is 9.78. The molecular formula is C21H16Cl2N4O2. The van der Waals surface area contributed by atoms with E-state index in [4.69, 9.17) is 38.4 Å². The van der Waals surface area contributed by atoms with Crippen LogP contribution < -0.4 is 15.2 Å². The highest BCUT2D eigenvalue weighted by atomic mass is 35.5. The minimum Gasteiger partial charge on any atom is -0.494 e. The summed E-state index contributed by atoms with van der Waals surface area (Å²) in [5, 5.41) is 17.9. The molecule has 4 rings (SSSR count). The Labute approximate surface area is 177 Å². The molecule has 1 atom stereocenters. The van der Waals surface area contributed by atoms with E-state index < -0.39 is 5.92 Å². The van der Waals surface area contributed by atoms with E-state index in [1.807, 2.05) is 37.3 Å². The molecule has 0 aliphatic carbocycles. The summed E-state index contributed by atoms with van der Waals surface area (Å²) in [6.07, 6.45) is 0. The monoisotopic (exact) mass is 426 g/mol. The number of benzene rings is 2. The molecule has 6 nitrogen and oxygen atoms in total. The number of hydrogen-bond donors (Lipinski definition) is 2. The molecule has 1 aromatic heterocycles. The molecule has 2 aromatic carbocycles. The first kappa shape index (κ1) is 19.2. The minimum atomic E-state index is -0.456. The highest BCUT2D eigenvalue weighted by molar-refractivity contribution is 6.42. The molecule has 1 aliphatic rings. The summed E-state index contributed by atoms with van der Waals surface area (Å²) in [5.41, 5.74) is 9.34. The molecule has 0 unspecified atom stereocenters. The average Bonchev–Trinajstić information content (AvgIpc) is 3.13. The van der Waals surface area contributed by atoms with Crippen molar-refractivity contribution >= 4 is 23.2 Å². The van der Waals surface area contributed by atoms with Crippen LogP contribution in [0, 0.1) is 11.3 Å². The SMILES string of the molecule is CCOc1ccc([C@H]2C(C#N)=C(N)Oc3n[nH]c(-c4ccc(Cl)c(Cl)c4)c32)cc1. The number of halogens is 2. The fourth-order valence-electron chi connectivity index (χ4n) is 3.37. The van der Waals surface area contributed by atoms with Gasteiger partial charge in [0.2, 0.25) is 11.8 Å².